The van der Waals surface area contributed by atoms with Crippen molar-refractivity contribution in [2.75, 3.05) is 25.0 Å². The van der Waals surface area contributed by atoms with Crippen molar-refractivity contribution < 1.29 is 0 Å². The van der Waals surface area contributed by atoms with E-state index >= 15 is 0 Å². The third-order valence-electron chi connectivity index (χ3n) is 4.30. The number of aromatic nitrogens is 1. The highest BCUT2D eigenvalue weighted by Gasteiger charge is 2.18. The van der Waals surface area contributed by atoms with Gasteiger partial charge < -0.3 is 10.6 Å². The first-order chi connectivity index (χ1) is 11.4. The van der Waals surface area contributed by atoms with Crippen molar-refractivity contribution in [2.45, 2.75) is 19.5 Å². The Morgan fingerprint density at radius 2 is 2.13 bits per heavy atom. The lowest BCUT2D eigenvalue weighted by molar-refractivity contribution is 0.243. The number of rotatable bonds is 3. The lowest BCUT2D eigenvalue weighted by Crippen LogP contribution is -2.31. The van der Waals surface area contributed by atoms with Gasteiger partial charge in [0, 0.05) is 38.3 Å². The number of nitrogens with zero attached hydrogens (tertiary/aromatic N) is 3. The summed E-state index contributed by atoms with van der Waals surface area (Å²) < 4.78 is 0. The van der Waals surface area contributed by atoms with Crippen LogP contribution in [-0.2, 0) is 19.5 Å². The molecule has 1 aromatic carbocycles. The van der Waals surface area contributed by atoms with Gasteiger partial charge in [0.05, 0.1) is 18.4 Å². The molecule has 1 aromatic heterocycles. The SMILES string of the molecule is c1ccc(CN2CCc3ncc(NC4=NCCN4)cc3C2)cc1. The number of guanidine groups is 1. The van der Waals surface area contributed by atoms with E-state index in [0.717, 1.165) is 50.8 Å². The van der Waals surface area contributed by atoms with Crippen molar-refractivity contribution in [1.29, 1.82) is 0 Å². The molecule has 0 saturated carbocycles. The second-order valence-electron chi connectivity index (χ2n) is 6.06. The Hall–Kier alpha value is -2.40. The molecule has 23 heavy (non-hydrogen) atoms. The Bertz CT molecular complexity index is 711. The Labute approximate surface area is 136 Å². The minimum Gasteiger partial charge on any atom is -0.354 e. The van der Waals surface area contributed by atoms with Crippen LogP contribution in [0.15, 0.2) is 47.6 Å². The summed E-state index contributed by atoms with van der Waals surface area (Å²) in [7, 11) is 0. The molecule has 0 bridgehead atoms. The normalized spacial score (nSPS) is 17.3. The smallest absolute Gasteiger partial charge is 0.195 e. The maximum Gasteiger partial charge on any atom is 0.195 e. The highest BCUT2D eigenvalue weighted by molar-refractivity contribution is 5.94. The predicted octanol–water partition coefficient (Wildman–Crippen LogP) is 2.01. The van der Waals surface area contributed by atoms with Crippen LogP contribution in [0.3, 0.4) is 0 Å². The standard InChI is InChI=1S/C18H21N5/c1-2-4-14(5-3-1)12-23-9-6-17-15(13-23)10-16(11-21-17)22-18-19-7-8-20-18/h1-5,10-11H,6-9,12-13H2,(H2,19,20,22). The van der Waals surface area contributed by atoms with E-state index < -0.39 is 0 Å². The molecule has 2 aliphatic heterocycles. The molecule has 5 nitrogen and oxygen atoms in total. The van der Waals surface area contributed by atoms with Gasteiger partial charge in [-0.1, -0.05) is 30.3 Å². The molecule has 118 valence electrons. The fourth-order valence-electron chi connectivity index (χ4n) is 3.15. The number of aliphatic imine (C=N–C) groups is 1. The van der Waals surface area contributed by atoms with Crippen LogP contribution in [0.5, 0.6) is 0 Å². The molecule has 0 unspecified atom stereocenters. The van der Waals surface area contributed by atoms with Crippen LogP contribution >= 0.6 is 0 Å². The fourth-order valence-corrected chi connectivity index (χ4v) is 3.15. The Morgan fingerprint density at radius 3 is 2.96 bits per heavy atom. The maximum absolute atomic E-state index is 4.63. The lowest BCUT2D eigenvalue weighted by Gasteiger charge is -2.28. The van der Waals surface area contributed by atoms with Crippen LogP contribution in [0.25, 0.3) is 0 Å². The summed E-state index contributed by atoms with van der Waals surface area (Å²) in [4.78, 5) is 11.5. The summed E-state index contributed by atoms with van der Waals surface area (Å²) in [5, 5.41) is 6.54. The van der Waals surface area contributed by atoms with Gasteiger partial charge in [-0.05, 0) is 17.2 Å². The van der Waals surface area contributed by atoms with Crippen LogP contribution in [0.4, 0.5) is 5.69 Å². The monoisotopic (exact) mass is 307 g/mol. The average Bonchev–Trinajstić information content (AvgIpc) is 3.08. The molecule has 3 heterocycles. The van der Waals surface area contributed by atoms with Gasteiger partial charge in [0.25, 0.3) is 0 Å². The number of nitrogens with one attached hydrogen (secondary N) is 2. The molecule has 0 spiro atoms. The molecule has 2 aliphatic rings. The molecule has 2 aromatic rings. The molecule has 2 N–H and O–H groups in total. The van der Waals surface area contributed by atoms with Crippen LogP contribution in [0.1, 0.15) is 16.8 Å². The van der Waals surface area contributed by atoms with E-state index in [0.29, 0.717) is 0 Å². The molecule has 0 saturated heterocycles. The molecule has 0 aliphatic carbocycles. The van der Waals surface area contributed by atoms with E-state index in [-0.39, 0.29) is 0 Å². The summed E-state index contributed by atoms with van der Waals surface area (Å²) in [6.45, 7) is 4.76. The summed E-state index contributed by atoms with van der Waals surface area (Å²) in [6, 6.07) is 12.9. The van der Waals surface area contributed by atoms with E-state index in [2.05, 4.69) is 61.9 Å². The van der Waals surface area contributed by atoms with Gasteiger partial charge in [-0.2, -0.15) is 0 Å². The van der Waals surface area contributed by atoms with Gasteiger partial charge in [-0.25, -0.2) is 0 Å². The minimum absolute atomic E-state index is 0.839. The molecule has 0 fully saturated rings. The largest absolute Gasteiger partial charge is 0.354 e. The zero-order chi connectivity index (χ0) is 15.5. The van der Waals surface area contributed by atoms with E-state index in [1.165, 1.54) is 16.8 Å². The highest BCUT2D eigenvalue weighted by Crippen LogP contribution is 2.22. The second kappa shape index (κ2) is 6.38. The first-order valence-corrected chi connectivity index (χ1v) is 8.16. The average molecular weight is 307 g/mol. The summed E-state index contributed by atoms with van der Waals surface area (Å²) in [6.07, 6.45) is 2.93. The van der Waals surface area contributed by atoms with Crippen LogP contribution < -0.4 is 10.6 Å². The van der Waals surface area contributed by atoms with Crippen LogP contribution in [-0.4, -0.2) is 35.5 Å². The quantitative estimate of drug-likeness (QED) is 0.911. The summed E-state index contributed by atoms with van der Waals surface area (Å²) >= 11 is 0. The van der Waals surface area contributed by atoms with Crippen molar-refractivity contribution in [1.82, 2.24) is 15.2 Å². The maximum atomic E-state index is 4.63. The molecular weight excluding hydrogens is 286 g/mol. The lowest BCUT2D eigenvalue weighted by atomic mass is 10.0. The van der Waals surface area contributed by atoms with Crippen molar-refractivity contribution in [3.63, 3.8) is 0 Å². The molecule has 4 rings (SSSR count). The van der Waals surface area contributed by atoms with Crippen molar-refractivity contribution in [3.8, 4) is 0 Å². The molecule has 5 heteroatoms. The Kier molecular flexibility index (Phi) is 3.94. The first kappa shape index (κ1) is 14.2. The third kappa shape index (κ3) is 3.35. The number of benzene rings is 1. The van der Waals surface area contributed by atoms with Gasteiger partial charge in [0.2, 0.25) is 0 Å². The van der Waals surface area contributed by atoms with Gasteiger partial charge in [0.15, 0.2) is 5.96 Å². The van der Waals surface area contributed by atoms with E-state index in [1.54, 1.807) is 0 Å². The Morgan fingerprint density at radius 1 is 1.22 bits per heavy atom. The third-order valence-corrected chi connectivity index (χ3v) is 4.30. The number of hydrogen-bond acceptors (Lipinski definition) is 5. The van der Waals surface area contributed by atoms with Gasteiger partial charge >= 0.3 is 0 Å². The zero-order valence-electron chi connectivity index (χ0n) is 13.1. The topological polar surface area (TPSA) is 52.6 Å². The summed E-state index contributed by atoms with van der Waals surface area (Å²) in [5.41, 5.74) is 4.91. The van der Waals surface area contributed by atoms with E-state index in [4.69, 9.17) is 0 Å². The first-order valence-electron chi connectivity index (χ1n) is 8.16. The molecule has 0 radical (unpaired) electrons. The van der Waals surface area contributed by atoms with Crippen LogP contribution in [0.2, 0.25) is 0 Å². The number of fused-ring (bicyclic) bond motifs is 1. The predicted molar refractivity (Wildman–Crippen MR) is 92.4 cm³/mol. The van der Waals surface area contributed by atoms with Crippen molar-refractivity contribution in [3.05, 3.63) is 59.4 Å². The molecule has 0 amide bonds. The Balaban J connectivity index is 1.46. The van der Waals surface area contributed by atoms with Gasteiger partial charge in [-0.3, -0.25) is 14.9 Å². The molecule has 0 atom stereocenters. The highest BCUT2D eigenvalue weighted by atomic mass is 15.2. The number of pyridine rings is 1. The second-order valence-corrected chi connectivity index (χ2v) is 6.06. The summed E-state index contributed by atoms with van der Waals surface area (Å²) in [5.74, 6) is 0.851. The fraction of sp³-hybridized carbons (Fsp3) is 0.333. The van der Waals surface area contributed by atoms with Gasteiger partial charge in [-0.15, -0.1) is 0 Å². The minimum atomic E-state index is 0.839. The number of hydrogen-bond donors (Lipinski definition) is 2. The van der Waals surface area contributed by atoms with E-state index in [1.807, 2.05) is 6.20 Å². The van der Waals surface area contributed by atoms with E-state index in [9.17, 15) is 0 Å². The zero-order valence-corrected chi connectivity index (χ0v) is 13.1. The van der Waals surface area contributed by atoms with Crippen molar-refractivity contribution >= 4 is 11.6 Å². The van der Waals surface area contributed by atoms with Crippen LogP contribution in [0, 0.1) is 0 Å². The number of anilines is 1. The van der Waals surface area contributed by atoms with Crippen molar-refractivity contribution in [2.24, 2.45) is 4.99 Å². The van der Waals surface area contributed by atoms with Gasteiger partial charge in [0.1, 0.15) is 0 Å². The molecular formula is C18H21N5.